The third-order valence-corrected chi connectivity index (χ3v) is 5.64. The standard InChI is InChI=1S/C21H18FNO2S/c1-2-25-18-10-6-4-8-14(18)15-11-19(24)23-20-16(12-26-21(15)20)13-7-3-5-9-17(13)22/h3-10,12,15H,2,11H2,1H3,(H,23,24)/t15-/m0/s1. The van der Waals surface area contributed by atoms with E-state index < -0.39 is 0 Å². The van der Waals surface area contributed by atoms with Gasteiger partial charge in [-0.2, -0.15) is 0 Å². The zero-order valence-electron chi connectivity index (χ0n) is 14.3. The number of rotatable bonds is 4. The fourth-order valence-corrected chi connectivity index (χ4v) is 4.55. The molecule has 0 aliphatic carbocycles. The molecule has 0 spiro atoms. The molecular weight excluding hydrogens is 349 g/mol. The maximum Gasteiger partial charge on any atom is 0.225 e. The molecule has 132 valence electrons. The number of halogens is 1. The highest BCUT2D eigenvalue weighted by molar-refractivity contribution is 7.11. The van der Waals surface area contributed by atoms with Crippen LogP contribution in [0, 0.1) is 5.82 Å². The molecule has 1 aromatic heterocycles. The normalized spacial score (nSPS) is 16.1. The Labute approximate surface area is 155 Å². The molecule has 3 nitrogen and oxygen atoms in total. The maximum atomic E-state index is 14.3. The molecule has 1 aliphatic rings. The van der Waals surface area contributed by atoms with Crippen LogP contribution >= 0.6 is 11.3 Å². The van der Waals surface area contributed by atoms with Gasteiger partial charge in [0, 0.05) is 39.3 Å². The van der Waals surface area contributed by atoms with Crippen LogP contribution < -0.4 is 10.1 Å². The Hall–Kier alpha value is -2.66. The van der Waals surface area contributed by atoms with Crippen LogP contribution in [0.15, 0.2) is 53.9 Å². The van der Waals surface area contributed by atoms with Crippen LogP contribution in [0.4, 0.5) is 10.1 Å². The number of carbonyl (C=O) groups excluding carboxylic acids is 1. The van der Waals surface area contributed by atoms with E-state index in [2.05, 4.69) is 5.32 Å². The topological polar surface area (TPSA) is 38.3 Å². The summed E-state index contributed by atoms with van der Waals surface area (Å²) in [6.07, 6.45) is 0.355. The maximum absolute atomic E-state index is 14.3. The van der Waals surface area contributed by atoms with E-state index in [9.17, 15) is 9.18 Å². The Balaban J connectivity index is 1.84. The van der Waals surface area contributed by atoms with E-state index in [1.807, 2.05) is 36.6 Å². The summed E-state index contributed by atoms with van der Waals surface area (Å²) in [5.74, 6) is 0.345. The van der Waals surface area contributed by atoms with Crippen molar-refractivity contribution in [2.75, 3.05) is 11.9 Å². The summed E-state index contributed by atoms with van der Waals surface area (Å²) in [5, 5.41) is 4.87. The number of hydrogen-bond acceptors (Lipinski definition) is 3. The van der Waals surface area contributed by atoms with Gasteiger partial charge in [-0.3, -0.25) is 4.79 Å². The van der Waals surface area contributed by atoms with E-state index in [0.717, 1.165) is 21.8 Å². The van der Waals surface area contributed by atoms with E-state index in [0.29, 0.717) is 24.3 Å². The number of para-hydroxylation sites is 1. The molecule has 26 heavy (non-hydrogen) atoms. The predicted octanol–water partition coefficient (Wildman–Crippen LogP) is 5.43. The van der Waals surface area contributed by atoms with E-state index in [1.54, 1.807) is 29.5 Å². The molecule has 2 aromatic carbocycles. The van der Waals surface area contributed by atoms with Crippen molar-refractivity contribution in [2.24, 2.45) is 0 Å². The van der Waals surface area contributed by atoms with Crippen molar-refractivity contribution in [2.45, 2.75) is 19.3 Å². The summed E-state index contributed by atoms with van der Waals surface area (Å²) in [4.78, 5) is 13.4. The Morgan fingerprint density at radius 2 is 1.92 bits per heavy atom. The molecule has 5 heteroatoms. The third kappa shape index (κ3) is 2.88. The number of benzene rings is 2. The Bertz CT molecular complexity index is 966. The molecular formula is C21H18FNO2S. The highest BCUT2D eigenvalue weighted by atomic mass is 32.1. The number of hydrogen-bond donors (Lipinski definition) is 1. The second-order valence-electron chi connectivity index (χ2n) is 6.14. The van der Waals surface area contributed by atoms with Crippen molar-refractivity contribution in [3.8, 4) is 16.9 Å². The van der Waals surface area contributed by atoms with Crippen molar-refractivity contribution in [3.63, 3.8) is 0 Å². The Morgan fingerprint density at radius 1 is 1.15 bits per heavy atom. The average Bonchev–Trinajstić information content (AvgIpc) is 3.06. The minimum Gasteiger partial charge on any atom is -0.494 e. The van der Waals surface area contributed by atoms with E-state index in [4.69, 9.17) is 4.74 Å². The monoisotopic (exact) mass is 367 g/mol. The summed E-state index contributed by atoms with van der Waals surface area (Å²) >= 11 is 1.55. The molecule has 0 bridgehead atoms. The summed E-state index contributed by atoms with van der Waals surface area (Å²) in [5.41, 5.74) is 2.94. The van der Waals surface area contributed by atoms with Gasteiger partial charge in [-0.1, -0.05) is 36.4 Å². The van der Waals surface area contributed by atoms with Gasteiger partial charge in [0.1, 0.15) is 11.6 Å². The summed E-state index contributed by atoms with van der Waals surface area (Å²) < 4.78 is 20.0. The Kier molecular flexibility index (Phi) is 4.47. The number of thiophene rings is 1. The second-order valence-corrected chi connectivity index (χ2v) is 7.06. The fourth-order valence-electron chi connectivity index (χ4n) is 3.41. The van der Waals surface area contributed by atoms with Crippen molar-refractivity contribution < 1.29 is 13.9 Å². The van der Waals surface area contributed by atoms with Gasteiger partial charge in [0.15, 0.2) is 0 Å². The molecule has 1 N–H and O–H groups in total. The van der Waals surface area contributed by atoms with E-state index in [-0.39, 0.29) is 17.6 Å². The molecule has 0 unspecified atom stereocenters. The van der Waals surface area contributed by atoms with Gasteiger partial charge in [-0.25, -0.2) is 4.39 Å². The molecule has 1 amide bonds. The highest BCUT2D eigenvalue weighted by Gasteiger charge is 2.32. The van der Waals surface area contributed by atoms with Gasteiger partial charge in [0.05, 0.1) is 12.3 Å². The lowest BCUT2D eigenvalue weighted by Crippen LogP contribution is -2.22. The summed E-state index contributed by atoms with van der Waals surface area (Å²) in [6.45, 7) is 2.50. The lowest BCUT2D eigenvalue weighted by molar-refractivity contribution is -0.116. The van der Waals surface area contributed by atoms with Crippen molar-refractivity contribution in [3.05, 3.63) is 70.2 Å². The first-order valence-electron chi connectivity index (χ1n) is 8.57. The lowest BCUT2D eigenvalue weighted by Gasteiger charge is -2.25. The largest absolute Gasteiger partial charge is 0.494 e. The summed E-state index contributed by atoms with van der Waals surface area (Å²) in [7, 11) is 0. The van der Waals surface area contributed by atoms with Crippen molar-refractivity contribution >= 4 is 22.9 Å². The van der Waals surface area contributed by atoms with Gasteiger partial charge >= 0.3 is 0 Å². The zero-order chi connectivity index (χ0) is 18.1. The Morgan fingerprint density at radius 3 is 2.73 bits per heavy atom. The van der Waals surface area contributed by atoms with Gasteiger partial charge in [0.2, 0.25) is 5.91 Å². The first kappa shape index (κ1) is 16.8. The van der Waals surface area contributed by atoms with Gasteiger partial charge in [0.25, 0.3) is 0 Å². The van der Waals surface area contributed by atoms with Gasteiger partial charge in [-0.05, 0) is 19.1 Å². The quantitative estimate of drug-likeness (QED) is 0.668. The molecule has 2 heterocycles. The predicted molar refractivity (Wildman–Crippen MR) is 102 cm³/mol. The fraction of sp³-hybridized carbons (Fsp3) is 0.190. The number of fused-ring (bicyclic) bond motifs is 1. The first-order valence-corrected chi connectivity index (χ1v) is 9.45. The number of anilines is 1. The van der Waals surface area contributed by atoms with Crippen LogP contribution in [-0.2, 0) is 4.79 Å². The van der Waals surface area contributed by atoms with E-state index >= 15 is 0 Å². The molecule has 0 saturated carbocycles. The van der Waals surface area contributed by atoms with Gasteiger partial charge < -0.3 is 10.1 Å². The van der Waals surface area contributed by atoms with E-state index in [1.165, 1.54) is 6.07 Å². The minimum atomic E-state index is -0.292. The highest BCUT2D eigenvalue weighted by Crippen LogP contribution is 2.48. The zero-order valence-corrected chi connectivity index (χ0v) is 15.1. The summed E-state index contributed by atoms with van der Waals surface area (Å²) in [6, 6.07) is 14.4. The van der Waals surface area contributed by atoms with Crippen LogP contribution in [0.3, 0.4) is 0 Å². The molecule has 1 aliphatic heterocycles. The molecule has 3 aromatic rings. The number of carbonyl (C=O) groups is 1. The lowest BCUT2D eigenvalue weighted by atomic mass is 9.88. The third-order valence-electron chi connectivity index (χ3n) is 4.55. The molecule has 1 atom stereocenters. The van der Waals surface area contributed by atoms with Crippen LogP contribution in [0.1, 0.15) is 29.7 Å². The number of nitrogens with one attached hydrogen (secondary N) is 1. The van der Waals surface area contributed by atoms with Crippen LogP contribution in [0.5, 0.6) is 5.75 Å². The molecule has 0 fully saturated rings. The number of amides is 1. The van der Waals surface area contributed by atoms with Crippen LogP contribution in [0.25, 0.3) is 11.1 Å². The second kappa shape index (κ2) is 6.92. The first-order chi connectivity index (χ1) is 12.7. The van der Waals surface area contributed by atoms with Gasteiger partial charge in [-0.15, -0.1) is 11.3 Å². The smallest absolute Gasteiger partial charge is 0.225 e. The van der Waals surface area contributed by atoms with Crippen molar-refractivity contribution in [1.82, 2.24) is 0 Å². The van der Waals surface area contributed by atoms with Crippen molar-refractivity contribution in [1.29, 1.82) is 0 Å². The van der Waals surface area contributed by atoms with Crippen LogP contribution in [-0.4, -0.2) is 12.5 Å². The minimum absolute atomic E-state index is 0.0650. The van der Waals surface area contributed by atoms with Crippen LogP contribution in [0.2, 0.25) is 0 Å². The molecule has 0 radical (unpaired) electrons. The number of ether oxygens (including phenoxy) is 1. The SMILES string of the molecule is CCOc1ccccc1[C@@H]1CC(=O)Nc2c(-c3ccccc3F)csc21. The molecule has 0 saturated heterocycles. The molecule has 4 rings (SSSR count). The average molecular weight is 367 g/mol.